The summed E-state index contributed by atoms with van der Waals surface area (Å²) in [4.78, 5) is 4.25. The molecule has 0 spiro atoms. The second-order valence-corrected chi connectivity index (χ2v) is 4.32. The minimum Gasteiger partial charge on any atom is -0.373 e. The lowest BCUT2D eigenvalue weighted by Gasteiger charge is -2.08. The second-order valence-electron chi connectivity index (χ2n) is 3.41. The molecule has 1 heterocycles. The van der Waals surface area contributed by atoms with E-state index in [9.17, 15) is 4.39 Å². The quantitative estimate of drug-likeness (QED) is 0.905. The van der Waals surface area contributed by atoms with Gasteiger partial charge in [-0.05, 0) is 30.3 Å². The zero-order valence-corrected chi connectivity index (χ0v) is 10.8. The third-order valence-electron chi connectivity index (χ3n) is 2.20. The van der Waals surface area contributed by atoms with Crippen LogP contribution in [0, 0.1) is 5.82 Å². The molecule has 0 atom stereocenters. The number of hydrogen-bond donors (Lipinski definition) is 2. The van der Waals surface area contributed by atoms with Crippen molar-refractivity contribution in [3.63, 3.8) is 0 Å². The molecule has 17 heavy (non-hydrogen) atoms. The van der Waals surface area contributed by atoms with Crippen LogP contribution in [0.1, 0.15) is 0 Å². The molecule has 0 radical (unpaired) electrons. The highest BCUT2D eigenvalue weighted by Gasteiger charge is 2.04. The molecule has 0 bridgehead atoms. The Kier molecular flexibility index (Phi) is 3.58. The van der Waals surface area contributed by atoms with Gasteiger partial charge in [-0.3, -0.25) is 0 Å². The van der Waals surface area contributed by atoms with E-state index >= 15 is 0 Å². The Morgan fingerprint density at radius 3 is 2.71 bits per heavy atom. The number of nitrogens with zero attached hydrogens (tertiary/aromatic N) is 1. The Hall–Kier alpha value is -1.62. The maximum absolute atomic E-state index is 13.5. The average Bonchev–Trinajstić information content (AvgIpc) is 2.34. The maximum atomic E-state index is 13.5. The van der Waals surface area contributed by atoms with Gasteiger partial charge < -0.3 is 10.6 Å². The molecule has 3 nitrogen and oxygen atoms in total. The summed E-state index contributed by atoms with van der Waals surface area (Å²) in [5, 5.41) is 5.86. The molecule has 2 aromatic rings. The van der Waals surface area contributed by atoms with Crippen molar-refractivity contribution in [2.75, 3.05) is 17.7 Å². The number of rotatable bonds is 3. The topological polar surface area (TPSA) is 37.0 Å². The Bertz CT molecular complexity index is 531. The summed E-state index contributed by atoms with van der Waals surface area (Å²) in [7, 11) is 1.78. The number of halogens is 2. The largest absolute Gasteiger partial charge is 0.373 e. The van der Waals surface area contributed by atoms with Crippen molar-refractivity contribution in [1.29, 1.82) is 0 Å². The normalized spacial score (nSPS) is 10.1. The molecule has 2 rings (SSSR count). The molecule has 0 aliphatic heterocycles. The van der Waals surface area contributed by atoms with E-state index in [4.69, 9.17) is 0 Å². The van der Waals surface area contributed by atoms with Crippen molar-refractivity contribution >= 4 is 33.3 Å². The molecule has 1 aromatic heterocycles. The first kappa shape index (κ1) is 11.9. The maximum Gasteiger partial charge on any atom is 0.146 e. The molecule has 0 saturated heterocycles. The Morgan fingerprint density at radius 2 is 1.94 bits per heavy atom. The van der Waals surface area contributed by atoms with E-state index in [2.05, 4.69) is 31.5 Å². The predicted molar refractivity (Wildman–Crippen MR) is 71.2 cm³/mol. The van der Waals surface area contributed by atoms with E-state index in [1.54, 1.807) is 25.2 Å². The fourth-order valence-corrected chi connectivity index (χ4v) is 1.74. The van der Waals surface area contributed by atoms with Crippen LogP contribution in [0.3, 0.4) is 0 Å². The van der Waals surface area contributed by atoms with Crippen molar-refractivity contribution < 1.29 is 4.39 Å². The van der Waals surface area contributed by atoms with Crippen LogP contribution in [0.25, 0.3) is 0 Å². The van der Waals surface area contributed by atoms with Crippen LogP contribution in [0.5, 0.6) is 0 Å². The van der Waals surface area contributed by atoms with Gasteiger partial charge in [0.2, 0.25) is 0 Å². The number of pyridine rings is 1. The SMILES string of the molecule is CNc1cccc(Nc2cc(Br)ccc2F)n1. The smallest absolute Gasteiger partial charge is 0.146 e. The molecule has 0 aliphatic carbocycles. The first-order valence-electron chi connectivity index (χ1n) is 5.06. The van der Waals surface area contributed by atoms with Gasteiger partial charge in [0.15, 0.2) is 0 Å². The minimum absolute atomic E-state index is 0.315. The van der Waals surface area contributed by atoms with E-state index in [1.807, 2.05) is 12.1 Å². The van der Waals surface area contributed by atoms with Gasteiger partial charge in [-0.1, -0.05) is 22.0 Å². The second kappa shape index (κ2) is 5.14. The van der Waals surface area contributed by atoms with Crippen LogP contribution in [0.4, 0.5) is 21.7 Å². The lowest BCUT2D eigenvalue weighted by molar-refractivity contribution is 0.631. The summed E-state index contributed by atoms with van der Waals surface area (Å²) in [6.45, 7) is 0. The van der Waals surface area contributed by atoms with E-state index in [-0.39, 0.29) is 5.82 Å². The Balaban J connectivity index is 2.27. The third-order valence-corrected chi connectivity index (χ3v) is 2.69. The van der Waals surface area contributed by atoms with E-state index in [0.29, 0.717) is 11.5 Å². The molecular weight excluding hydrogens is 285 g/mol. The van der Waals surface area contributed by atoms with Crippen molar-refractivity contribution in [2.45, 2.75) is 0 Å². The van der Waals surface area contributed by atoms with Gasteiger partial charge >= 0.3 is 0 Å². The average molecular weight is 296 g/mol. The molecular formula is C12H11BrFN3. The highest BCUT2D eigenvalue weighted by Crippen LogP contribution is 2.23. The van der Waals surface area contributed by atoms with E-state index in [0.717, 1.165) is 10.3 Å². The monoisotopic (exact) mass is 295 g/mol. The molecule has 0 saturated carbocycles. The molecule has 88 valence electrons. The molecule has 0 amide bonds. The predicted octanol–water partition coefficient (Wildman–Crippen LogP) is 3.77. The van der Waals surface area contributed by atoms with Gasteiger partial charge in [-0.25, -0.2) is 9.37 Å². The number of anilines is 3. The number of hydrogen-bond acceptors (Lipinski definition) is 3. The van der Waals surface area contributed by atoms with Crippen molar-refractivity contribution in [1.82, 2.24) is 4.98 Å². The van der Waals surface area contributed by atoms with Crippen LogP contribution in [0.2, 0.25) is 0 Å². The number of aromatic nitrogens is 1. The van der Waals surface area contributed by atoms with Gasteiger partial charge in [0, 0.05) is 11.5 Å². The van der Waals surface area contributed by atoms with Crippen LogP contribution in [-0.2, 0) is 0 Å². The highest BCUT2D eigenvalue weighted by molar-refractivity contribution is 9.10. The van der Waals surface area contributed by atoms with E-state index in [1.165, 1.54) is 6.07 Å². The van der Waals surface area contributed by atoms with Crippen molar-refractivity contribution in [3.05, 3.63) is 46.7 Å². The fraction of sp³-hybridized carbons (Fsp3) is 0.0833. The lowest BCUT2D eigenvalue weighted by atomic mass is 10.3. The molecule has 0 fully saturated rings. The van der Waals surface area contributed by atoms with Gasteiger partial charge in [0.1, 0.15) is 17.5 Å². The van der Waals surface area contributed by atoms with Crippen LogP contribution < -0.4 is 10.6 Å². The molecule has 2 N–H and O–H groups in total. The molecule has 5 heteroatoms. The van der Waals surface area contributed by atoms with Crippen LogP contribution in [0.15, 0.2) is 40.9 Å². The summed E-state index contributed by atoms with van der Waals surface area (Å²) in [5.41, 5.74) is 0.389. The summed E-state index contributed by atoms with van der Waals surface area (Å²) in [5.74, 6) is 1.00. The van der Waals surface area contributed by atoms with Gasteiger partial charge in [0.25, 0.3) is 0 Å². The van der Waals surface area contributed by atoms with Crippen molar-refractivity contribution in [3.8, 4) is 0 Å². The molecule has 0 aliphatic rings. The highest BCUT2D eigenvalue weighted by atomic mass is 79.9. The van der Waals surface area contributed by atoms with E-state index < -0.39 is 0 Å². The molecule has 1 aromatic carbocycles. The number of nitrogens with one attached hydrogen (secondary N) is 2. The van der Waals surface area contributed by atoms with Crippen LogP contribution >= 0.6 is 15.9 Å². The molecule has 0 unspecified atom stereocenters. The summed E-state index contributed by atoms with van der Waals surface area (Å²) >= 11 is 3.30. The third kappa shape index (κ3) is 2.94. The van der Waals surface area contributed by atoms with Gasteiger partial charge in [0.05, 0.1) is 5.69 Å². The Morgan fingerprint density at radius 1 is 1.18 bits per heavy atom. The fourth-order valence-electron chi connectivity index (χ4n) is 1.37. The first-order chi connectivity index (χ1) is 8.19. The Labute approximate surface area is 107 Å². The summed E-state index contributed by atoms with van der Waals surface area (Å²) in [6.07, 6.45) is 0. The minimum atomic E-state index is -0.315. The van der Waals surface area contributed by atoms with Crippen LogP contribution in [-0.4, -0.2) is 12.0 Å². The number of benzene rings is 1. The van der Waals surface area contributed by atoms with Gasteiger partial charge in [-0.15, -0.1) is 0 Å². The lowest BCUT2D eigenvalue weighted by Crippen LogP contribution is -1.98. The zero-order chi connectivity index (χ0) is 12.3. The summed E-state index contributed by atoms with van der Waals surface area (Å²) in [6, 6.07) is 10.2. The van der Waals surface area contributed by atoms with Crippen molar-refractivity contribution in [2.24, 2.45) is 0 Å². The zero-order valence-electron chi connectivity index (χ0n) is 9.17. The summed E-state index contributed by atoms with van der Waals surface area (Å²) < 4.78 is 14.3. The first-order valence-corrected chi connectivity index (χ1v) is 5.85. The standard InChI is InChI=1S/C12H11BrFN3/c1-15-11-3-2-4-12(17-11)16-10-7-8(13)5-6-9(10)14/h2-7H,1H3,(H2,15,16,17). The van der Waals surface area contributed by atoms with Gasteiger partial charge in [-0.2, -0.15) is 0 Å².